The molecule has 27 heavy (non-hydrogen) atoms. The number of sulfone groups is 1. The fraction of sp³-hybridized carbons (Fsp3) is 0.667. The SMILES string of the molecule is CNC[C@H]1CCCN(C(=O)C2(S(=O)(=O)c3cc(C)ccc3C)CCCC2)C1. The summed E-state index contributed by atoms with van der Waals surface area (Å²) in [6.45, 7) is 5.91. The van der Waals surface area contributed by atoms with Gasteiger partial charge in [0.05, 0.1) is 4.90 Å². The van der Waals surface area contributed by atoms with Crippen LogP contribution in [0.5, 0.6) is 0 Å². The number of rotatable bonds is 5. The molecule has 0 aromatic heterocycles. The topological polar surface area (TPSA) is 66.5 Å². The van der Waals surface area contributed by atoms with E-state index in [0.717, 1.165) is 43.4 Å². The van der Waals surface area contributed by atoms with Gasteiger partial charge in [-0.05, 0) is 76.2 Å². The van der Waals surface area contributed by atoms with Crippen molar-refractivity contribution in [1.29, 1.82) is 0 Å². The molecule has 2 aliphatic rings. The Hall–Kier alpha value is -1.40. The number of nitrogens with zero attached hydrogens (tertiary/aromatic N) is 1. The van der Waals surface area contributed by atoms with Crippen LogP contribution in [-0.2, 0) is 14.6 Å². The molecule has 0 bridgehead atoms. The van der Waals surface area contributed by atoms with E-state index in [-0.39, 0.29) is 5.91 Å². The van der Waals surface area contributed by atoms with E-state index in [1.165, 1.54) is 0 Å². The third-order valence-corrected chi connectivity index (χ3v) is 8.88. The molecule has 0 unspecified atom stereocenters. The van der Waals surface area contributed by atoms with Gasteiger partial charge in [-0.1, -0.05) is 25.0 Å². The van der Waals surface area contributed by atoms with E-state index < -0.39 is 14.6 Å². The molecular formula is C21H32N2O3S. The van der Waals surface area contributed by atoms with Crippen LogP contribution in [0.3, 0.4) is 0 Å². The summed E-state index contributed by atoms with van der Waals surface area (Å²) in [7, 11) is -1.82. The van der Waals surface area contributed by atoms with Gasteiger partial charge in [0.2, 0.25) is 5.91 Å². The Kier molecular flexibility index (Phi) is 5.96. The first-order valence-electron chi connectivity index (χ1n) is 10.1. The van der Waals surface area contributed by atoms with E-state index >= 15 is 0 Å². The fourth-order valence-corrected chi connectivity index (χ4v) is 7.18. The third kappa shape index (κ3) is 3.66. The number of amides is 1. The van der Waals surface area contributed by atoms with Gasteiger partial charge in [-0.25, -0.2) is 8.42 Å². The molecule has 2 fully saturated rings. The predicted molar refractivity (Wildman–Crippen MR) is 108 cm³/mol. The standard InChI is InChI=1S/C21H32N2O3S/c1-16-8-9-17(2)19(13-16)27(25,26)21(10-4-5-11-21)20(24)23-12-6-7-18(15-23)14-22-3/h8-9,13,18,22H,4-7,10-12,14-15H2,1-3H3/t18-/m1/s1. The van der Waals surface area contributed by atoms with Gasteiger partial charge in [0.15, 0.2) is 14.6 Å². The van der Waals surface area contributed by atoms with E-state index in [1.54, 1.807) is 6.07 Å². The molecule has 1 aliphatic carbocycles. The smallest absolute Gasteiger partial charge is 0.244 e. The zero-order valence-corrected chi connectivity index (χ0v) is 17.6. The lowest BCUT2D eigenvalue weighted by molar-refractivity contribution is -0.135. The van der Waals surface area contributed by atoms with Gasteiger partial charge in [-0.2, -0.15) is 0 Å². The number of carbonyl (C=O) groups excluding carboxylic acids is 1. The van der Waals surface area contributed by atoms with Crippen molar-refractivity contribution in [3.05, 3.63) is 29.3 Å². The van der Waals surface area contributed by atoms with Crippen LogP contribution in [0.15, 0.2) is 23.1 Å². The second-order valence-electron chi connectivity index (χ2n) is 8.29. The lowest BCUT2D eigenvalue weighted by atomic mass is 9.95. The second-order valence-corrected chi connectivity index (χ2v) is 10.5. The van der Waals surface area contributed by atoms with Crippen LogP contribution in [0.1, 0.15) is 49.7 Å². The van der Waals surface area contributed by atoms with Crippen LogP contribution < -0.4 is 5.32 Å². The summed E-state index contributed by atoms with van der Waals surface area (Å²) >= 11 is 0. The quantitative estimate of drug-likeness (QED) is 0.837. The van der Waals surface area contributed by atoms with Crippen molar-refractivity contribution in [2.75, 3.05) is 26.7 Å². The fourth-order valence-electron chi connectivity index (χ4n) is 4.74. The monoisotopic (exact) mass is 392 g/mol. The lowest BCUT2D eigenvalue weighted by Crippen LogP contribution is -2.55. The second kappa shape index (κ2) is 7.92. The number of carbonyl (C=O) groups is 1. The van der Waals surface area contributed by atoms with Crippen LogP contribution in [0.2, 0.25) is 0 Å². The Bertz CT molecular complexity index is 796. The van der Waals surface area contributed by atoms with Gasteiger partial charge in [-0.15, -0.1) is 0 Å². The molecular weight excluding hydrogens is 360 g/mol. The number of likely N-dealkylation sites (tertiary alicyclic amines) is 1. The first kappa shape index (κ1) is 20.3. The highest BCUT2D eigenvalue weighted by Gasteiger charge is 2.55. The van der Waals surface area contributed by atoms with E-state index in [0.29, 0.717) is 36.7 Å². The molecule has 1 aromatic rings. The maximum absolute atomic E-state index is 13.8. The Labute approximate surface area is 163 Å². The zero-order chi connectivity index (χ0) is 19.7. The normalized spacial score (nSPS) is 22.8. The van der Waals surface area contributed by atoms with Crippen molar-refractivity contribution < 1.29 is 13.2 Å². The minimum atomic E-state index is -3.74. The number of benzene rings is 1. The summed E-state index contributed by atoms with van der Waals surface area (Å²) in [6.07, 6.45) is 4.50. The summed E-state index contributed by atoms with van der Waals surface area (Å²) in [5.74, 6) is 0.233. The Morgan fingerprint density at radius 1 is 1.22 bits per heavy atom. The van der Waals surface area contributed by atoms with E-state index in [9.17, 15) is 13.2 Å². The first-order valence-corrected chi connectivity index (χ1v) is 11.6. The van der Waals surface area contributed by atoms with E-state index in [1.807, 2.05) is 37.9 Å². The summed E-state index contributed by atoms with van der Waals surface area (Å²) in [5, 5.41) is 3.19. The van der Waals surface area contributed by atoms with Gasteiger partial charge >= 0.3 is 0 Å². The van der Waals surface area contributed by atoms with Crippen molar-refractivity contribution in [2.45, 2.75) is 62.0 Å². The molecule has 3 rings (SSSR count). The summed E-state index contributed by atoms with van der Waals surface area (Å²) in [5.41, 5.74) is 1.64. The summed E-state index contributed by atoms with van der Waals surface area (Å²) < 4.78 is 26.2. The van der Waals surface area contributed by atoms with Gasteiger partial charge in [-0.3, -0.25) is 4.79 Å². The maximum atomic E-state index is 13.8. The minimum Gasteiger partial charge on any atom is -0.341 e. The molecule has 0 radical (unpaired) electrons. The minimum absolute atomic E-state index is 0.165. The number of hydrogen-bond acceptors (Lipinski definition) is 4. The van der Waals surface area contributed by atoms with Crippen molar-refractivity contribution in [3.63, 3.8) is 0 Å². The molecule has 1 atom stereocenters. The number of hydrogen-bond donors (Lipinski definition) is 1. The zero-order valence-electron chi connectivity index (χ0n) is 16.8. The van der Waals surface area contributed by atoms with Crippen LogP contribution >= 0.6 is 0 Å². The average molecular weight is 393 g/mol. The Morgan fingerprint density at radius 2 is 1.93 bits per heavy atom. The molecule has 0 spiro atoms. The van der Waals surface area contributed by atoms with E-state index in [4.69, 9.17) is 0 Å². The summed E-state index contributed by atoms with van der Waals surface area (Å²) in [4.78, 5) is 15.8. The maximum Gasteiger partial charge on any atom is 0.244 e. The molecule has 5 nitrogen and oxygen atoms in total. The van der Waals surface area contributed by atoms with Gasteiger partial charge < -0.3 is 10.2 Å². The Balaban J connectivity index is 1.98. The van der Waals surface area contributed by atoms with Gasteiger partial charge in [0.1, 0.15) is 0 Å². The highest BCUT2D eigenvalue weighted by atomic mass is 32.2. The van der Waals surface area contributed by atoms with Crippen molar-refractivity contribution >= 4 is 15.7 Å². The highest BCUT2D eigenvalue weighted by Crippen LogP contribution is 2.43. The third-order valence-electron chi connectivity index (χ3n) is 6.25. The van der Waals surface area contributed by atoms with Crippen LogP contribution in [-0.4, -0.2) is 50.7 Å². The Morgan fingerprint density at radius 3 is 2.59 bits per heavy atom. The van der Waals surface area contributed by atoms with Crippen LogP contribution in [0.25, 0.3) is 0 Å². The van der Waals surface area contributed by atoms with Gasteiger partial charge in [0.25, 0.3) is 0 Å². The molecule has 1 saturated heterocycles. The molecule has 1 N–H and O–H groups in total. The van der Waals surface area contributed by atoms with Crippen molar-refractivity contribution in [2.24, 2.45) is 5.92 Å². The first-order chi connectivity index (χ1) is 12.8. The molecule has 1 aliphatic heterocycles. The molecule has 1 aromatic carbocycles. The molecule has 1 heterocycles. The molecule has 150 valence electrons. The predicted octanol–water partition coefficient (Wildman–Crippen LogP) is 2.85. The highest BCUT2D eigenvalue weighted by molar-refractivity contribution is 7.93. The number of piperidine rings is 1. The summed E-state index contributed by atoms with van der Waals surface area (Å²) in [6, 6.07) is 5.50. The van der Waals surface area contributed by atoms with Gasteiger partial charge in [0, 0.05) is 13.1 Å². The molecule has 1 saturated carbocycles. The largest absolute Gasteiger partial charge is 0.341 e. The van der Waals surface area contributed by atoms with E-state index in [2.05, 4.69) is 5.32 Å². The van der Waals surface area contributed by atoms with Crippen LogP contribution in [0.4, 0.5) is 0 Å². The number of nitrogens with one attached hydrogen (secondary N) is 1. The molecule has 1 amide bonds. The van der Waals surface area contributed by atoms with Crippen LogP contribution in [0, 0.1) is 19.8 Å². The average Bonchev–Trinajstić information content (AvgIpc) is 3.15. The van der Waals surface area contributed by atoms with Crippen molar-refractivity contribution in [3.8, 4) is 0 Å². The number of aryl methyl sites for hydroxylation is 2. The molecule has 6 heteroatoms. The lowest BCUT2D eigenvalue weighted by Gasteiger charge is -2.39. The van der Waals surface area contributed by atoms with Crippen molar-refractivity contribution in [1.82, 2.24) is 10.2 Å².